The molecule has 0 unspecified atom stereocenters. The molecule has 0 radical (unpaired) electrons. The molecule has 0 amide bonds. The van der Waals surface area contributed by atoms with E-state index in [4.69, 9.17) is 13.3 Å². The van der Waals surface area contributed by atoms with Crippen molar-refractivity contribution in [2.24, 2.45) is 0 Å². The predicted molar refractivity (Wildman–Crippen MR) is 82.0 cm³/mol. The van der Waals surface area contributed by atoms with Crippen LogP contribution < -0.4 is 17.1 Å². The van der Waals surface area contributed by atoms with Gasteiger partial charge >= 0.3 is 25.9 Å². The van der Waals surface area contributed by atoms with Crippen molar-refractivity contribution in [2.75, 3.05) is 21.3 Å². The summed E-state index contributed by atoms with van der Waals surface area (Å²) in [5.41, 5.74) is -2.16. The van der Waals surface area contributed by atoms with Crippen LogP contribution in [0.25, 0.3) is 0 Å². The number of allylic oxidation sites excluding steroid dienone is 1. The maximum Gasteiger partial charge on any atom is 0.500 e. The Morgan fingerprint density at radius 3 is 2.14 bits per heavy atom. The van der Waals surface area contributed by atoms with E-state index in [0.717, 1.165) is 9.13 Å². The smallest absolute Gasteiger partial charge is 0.377 e. The van der Waals surface area contributed by atoms with Crippen LogP contribution in [0.15, 0.2) is 27.0 Å². The average molecular weight is 331 g/mol. The fourth-order valence-corrected chi connectivity index (χ4v) is 3.75. The minimum absolute atomic E-state index is 0.0291. The summed E-state index contributed by atoms with van der Waals surface area (Å²) >= 11 is 0. The molecule has 0 aliphatic heterocycles. The van der Waals surface area contributed by atoms with Crippen LogP contribution in [0, 0.1) is 0 Å². The summed E-state index contributed by atoms with van der Waals surface area (Å²) in [4.78, 5) is 37.6. The molecule has 0 aliphatic rings. The molecule has 1 heterocycles. The summed E-state index contributed by atoms with van der Waals surface area (Å²) < 4.78 is 17.7. The molecule has 1 aromatic rings. The molecule has 0 saturated heterocycles. The van der Waals surface area contributed by atoms with Gasteiger partial charge in [0.25, 0.3) is 0 Å². The molecule has 0 bridgehead atoms. The van der Waals surface area contributed by atoms with E-state index in [9.17, 15) is 14.4 Å². The summed E-state index contributed by atoms with van der Waals surface area (Å²) in [7, 11) is 1.71. The van der Waals surface area contributed by atoms with Gasteiger partial charge in [-0.3, -0.25) is 4.98 Å². The highest BCUT2D eigenvalue weighted by Gasteiger charge is 2.37. The van der Waals surface area contributed by atoms with Crippen molar-refractivity contribution in [1.82, 2.24) is 14.1 Å². The Bertz CT molecular complexity index is 664. The first kappa shape index (κ1) is 18.3. The average Bonchev–Trinajstić information content (AvgIpc) is 2.51. The zero-order chi connectivity index (χ0) is 16.8. The highest BCUT2D eigenvalue weighted by molar-refractivity contribution is 6.60. The van der Waals surface area contributed by atoms with Crippen molar-refractivity contribution < 1.29 is 13.3 Å². The number of aromatic amines is 1. The van der Waals surface area contributed by atoms with Gasteiger partial charge in [-0.05, 0) is 6.42 Å². The van der Waals surface area contributed by atoms with Crippen molar-refractivity contribution >= 4 is 8.80 Å². The molecule has 9 nitrogen and oxygen atoms in total. The molecule has 0 saturated carbocycles. The molecule has 0 spiro atoms. The van der Waals surface area contributed by atoms with Crippen LogP contribution in [0.4, 0.5) is 0 Å². The van der Waals surface area contributed by atoms with Gasteiger partial charge in [-0.1, -0.05) is 6.08 Å². The zero-order valence-electron chi connectivity index (χ0n) is 13.0. The first-order valence-electron chi connectivity index (χ1n) is 6.65. The molecule has 124 valence electrons. The number of H-pyrrole nitrogens is 1. The van der Waals surface area contributed by atoms with E-state index >= 15 is 0 Å². The van der Waals surface area contributed by atoms with Crippen molar-refractivity contribution in [3.63, 3.8) is 0 Å². The molecule has 0 aromatic carbocycles. The lowest BCUT2D eigenvalue weighted by Gasteiger charge is -2.24. The van der Waals surface area contributed by atoms with Crippen molar-refractivity contribution in [3.8, 4) is 0 Å². The Morgan fingerprint density at radius 2 is 1.64 bits per heavy atom. The molecular weight excluding hydrogens is 310 g/mol. The Hall–Kier alpha value is -1.75. The minimum Gasteiger partial charge on any atom is -0.377 e. The maximum atomic E-state index is 12.1. The van der Waals surface area contributed by atoms with Crippen LogP contribution in [0.3, 0.4) is 0 Å². The van der Waals surface area contributed by atoms with E-state index in [1.165, 1.54) is 27.4 Å². The van der Waals surface area contributed by atoms with Gasteiger partial charge in [-0.15, -0.1) is 6.58 Å². The summed E-state index contributed by atoms with van der Waals surface area (Å²) in [6.45, 7) is 3.62. The lowest BCUT2D eigenvalue weighted by molar-refractivity contribution is 0.122. The lowest BCUT2D eigenvalue weighted by atomic mass is 10.5. The predicted octanol–water partition coefficient (Wildman–Crippen LogP) is -0.847. The quantitative estimate of drug-likeness (QED) is 0.467. The van der Waals surface area contributed by atoms with E-state index in [0.29, 0.717) is 12.5 Å². The minimum atomic E-state index is -2.76. The van der Waals surface area contributed by atoms with Gasteiger partial charge in [0, 0.05) is 33.9 Å². The van der Waals surface area contributed by atoms with Gasteiger partial charge in [0.1, 0.15) is 0 Å². The fourth-order valence-electron chi connectivity index (χ4n) is 2.04. The third-order valence-electron chi connectivity index (χ3n) is 3.28. The number of hydrogen-bond donors (Lipinski definition) is 1. The van der Waals surface area contributed by atoms with Gasteiger partial charge in [-0.25, -0.2) is 23.5 Å². The van der Waals surface area contributed by atoms with E-state index in [2.05, 4.69) is 11.6 Å². The summed E-state index contributed by atoms with van der Waals surface area (Å²) in [5, 5.41) is 0. The third-order valence-corrected chi connectivity index (χ3v) is 6.11. The van der Waals surface area contributed by atoms with Crippen molar-refractivity contribution in [3.05, 3.63) is 44.1 Å². The first-order valence-corrected chi connectivity index (χ1v) is 8.58. The number of nitrogens with zero attached hydrogens (tertiary/aromatic N) is 2. The monoisotopic (exact) mass is 331 g/mol. The van der Waals surface area contributed by atoms with E-state index < -0.39 is 25.9 Å². The highest BCUT2D eigenvalue weighted by atomic mass is 28.4. The van der Waals surface area contributed by atoms with Crippen LogP contribution in [-0.4, -0.2) is 44.3 Å². The van der Waals surface area contributed by atoms with Crippen molar-refractivity contribution in [1.29, 1.82) is 0 Å². The standard InChI is InChI=1S/C12H21N3O6Si/c1-5-7-14-10(16)13-11(17)15(12(14)18)8-6-9-22(19-2,20-3)21-4/h5H,1,6-9H2,2-4H3,(H,13,16,17). The second-order valence-corrected chi connectivity index (χ2v) is 7.56. The largest absolute Gasteiger partial charge is 0.500 e. The number of nitrogens with one attached hydrogen (secondary N) is 1. The molecular formula is C12H21N3O6Si. The molecule has 0 fully saturated rings. The Morgan fingerprint density at radius 1 is 1.09 bits per heavy atom. The SMILES string of the molecule is C=CCn1c(=O)[nH]c(=O)n(CCC[Si](OC)(OC)OC)c1=O. The lowest BCUT2D eigenvalue weighted by Crippen LogP contribution is -2.49. The second-order valence-electron chi connectivity index (χ2n) is 4.47. The maximum absolute atomic E-state index is 12.1. The van der Waals surface area contributed by atoms with Crippen LogP contribution in [0.5, 0.6) is 0 Å². The van der Waals surface area contributed by atoms with Gasteiger partial charge in [-0.2, -0.15) is 0 Å². The van der Waals surface area contributed by atoms with Gasteiger partial charge in [0.2, 0.25) is 0 Å². The van der Waals surface area contributed by atoms with Gasteiger partial charge in [0.05, 0.1) is 6.54 Å². The molecule has 1 N–H and O–H groups in total. The fraction of sp³-hybridized carbons (Fsp3) is 0.583. The summed E-state index contributed by atoms with van der Waals surface area (Å²) in [6, 6.07) is 0.433. The van der Waals surface area contributed by atoms with Crippen LogP contribution in [0.1, 0.15) is 6.42 Å². The zero-order valence-corrected chi connectivity index (χ0v) is 14.0. The molecule has 1 aromatic heterocycles. The molecule has 22 heavy (non-hydrogen) atoms. The molecule has 0 aliphatic carbocycles. The number of rotatable bonds is 9. The van der Waals surface area contributed by atoms with Crippen LogP contribution in [-0.2, 0) is 26.4 Å². The first-order chi connectivity index (χ1) is 10.4. The molecule has 10 heteroatoms. The van der Waals surface area contributed by atoms with E-state index in [-0.39, 0.29) is 13.1 Å². The number of hydrogen-bond acceptors (Lipinski definition) is 6. The summed E-state index contributed by atoms with van der Waals surface area (Å²) in [5.74, 6) is 0. The topological polar surface area (TPSA) is 105 Å². The Kier molecular flexibility index (Phi) is 6.68. The Balaban J connectivity index is 2.98. The van der Waals surface area contributed by atoms with Crippen molar-refractivity contribution in [2.45, 2.75) is 25.6 Å². The second kappa shape index (κ2) is 8.03. The van der Waals surface area contributed by atoms with Crippen LogP contribution >= 0.6 is 0 Å². The Labute approximate surface area is 128 Å². The summed E-state index contributed by atoms with van der Waals surface area (Å²) in [6.07, 6.45) is 1.83. The van der Waals surface area contributed by atoms with E-state index in [1.807, 2.05) is 0 Å². The number of aromatic nitrogens is 3. The van der Waals surface area contributed by atoms with E-state index in [1.54, 1.807) is 0 Å². The third kappa shape index (κ3) is 3.91. The van der Waals surface area contributed by atoms with Gasteiger partial charge < -0.3 is 13.3 Å². The normalized spacial score (nSPS) is 11.6. The molecule has 1 rings (SSSR count). The van der Waals surface area contributed by atoms with Gasteiger partial charge in [0.15, 0.2) is 0 Å². The highest BCUT2D eigenvalue weighted by Crippen LogP contribution is 2.14. The van der Waals surface area contributed by atoms with Crippen LogP contribution in [0.2, 0.25) is 6.04 Å². The molecule has 0 atom stereocenters.